The van der Waals surface area contributed by atoms with Crippen LogP contribution in [0.5, 0.6) is 11.5 Å². The van der Waals surface area contributed by atoms with Crippen LogP contribution in [0.25, 0.3) is 11.3 Å². The van der Waals surface area contributed by atoms with Crippen LogP contribution in [0.2, 0.25) is 0 Å². The van der Waals surface area contributed by atoms with Crippen molar-refractivity contribution in [2.45, 2.75) is 25.7 Å². The first kappa shape index (κ1) is 17.8. The predicted molar refractivity (Wildman–Crippen MR) is 96.7 cm³/mol. The van der Waals surface area contributed by atoms with Crippen molar-refractivity contribution in [2.24, 2.45) is 0 Å². The molecule has 4 rings (SSSR count). The van der Waals surface area contributed by atoms with E-state index in [-0.39, 0.29) is 18.6 Å². The maximum atomic E-state index is 11.5. The molecule has 0 unspecified atom stereocenters. The normalized spacial score (nSPS) is 18.5. The second kappa shape index (κ2) is 7.98. The highest BCUT2D eigenvalue weighted by molar-refractivity contribution is 5.77. The molecule has 0 saturated carbocycles. The number of hydrogen-bond acceptors (Lipinski definition) is 6. The molecular weight excluding hydrogens is 350 g/mol. The molecule has 8 heteroatoms. The van der Waals surface area contributed by atoms with Gasteiger partial charge in [-0.25, -0.2) is 4.98 Å². The fourth-order valence-corrected chi connectivity index (χ4v) is 3.19. The summed E-state index contributed by atoms with van der Waals surface area (Å²) in [4.78, 5) is 16.2. The van der Waals surface area contributed by atoms with Gasteiger partial charge in [-0.15, -0.1) is 0 Å². The van der Waals surface area contributed by atoms with E-state index in [1.807, 2.05) is 24.4 Å². The van der Waals surface area contributed by atoms with Gasteiger partial charge in [-0.1, -0.05) is 0 Å². The van der Waals surface area contributed by atoms with E-state index in [1.54, 1.807) is 0 Å². The van der Waals surface area contributed by atoms with Crippen LogP contribution in [-0.4, -0.2) is 55.0 Å². The molecule has 8 nitrogen and oxygen atoms in total. The molecule has 0 radical (unpaired) electrons. The molecule has 2 aliphatic rings. The first-order valence-corrected chi connectivity index (χ1v) is 9.06. The third kappa shape index (κ3) is 4.06. The van der Waals surface area contributed by atoms with Crippen molar-refractivity contribution in [3.8, 4) is 22.8 Å². The van der Waals surface area contributed by atoms with E-state index in [9.17, 15) is 4.79 Å². The minimum Gasteiger partial charge on any atom is -0.490 e. The van der Waals surface area contributed by atoms with E-state index < -0.39 is 0 Å². The minimum absolute atomic E-state index is 0.0529. The predicted octanol–water partition coefficient (Wildman–Crippen LogP) is 1.37. The Hall–Kier alpha value is -2.58. The number of amides is 1. The monoisotopic (exact) mass is 373 g/mol. The van der Waals surface area contributed by atoms with Gasteiger partial charge in [-0.05, 0) is 18.2 Å². The zero-order valence-electron chi connectivity index (χ0n) is 15.3. The number of fused-ring (bicyclic) bond motifs is 2. The van der Waals surface area contributed by atoms with Gasteiger partial charge in [0.15, 0.2) is 11.5 Å². The van der Waals surface area contributed by atoms with Gasteiger partial charge in [-0.3, -0.25) is 4.79 Å². The van der Waals surface area contributed by atoms with E-state index in [4.69, 9.17) is 18.9 Å². The second-order valence-corrected chi connectivity index (χ2v) is 6.58. The summed E-state index contributed by atoms with van der Waals surface area (Å²) >= 11 is 0. The zero-order valence-corrected chi connectivity index (χ0v) is 15.3. The first-order chi connectivity index (χ1) is 13.2. The van der Waals surface area contributed by atoms with Gasteiger partial charge in [0.05, 0.1) is 31.6 Å². The van der Waals surface area contributed by atoms with Gasteiger partial charge >= 0.3 is 0 Å². The topological polar surface area (TPSA) is 83.8 Å². The molecular formula is C19H23N3O5. The van der Waals surface area contributed by atoms with Gasteiger partial charge in [0.2, 0.25) is 5.91 Å². The van der Waals surface area contributed by atoms with E-state index in [2.05, 4.69) is 14.9 Å². The summed E-state index contributed by atoms with van der Waals surface area (Å²) in [5.41, 5.74) is 1.85. The largest absolute Gasteiger partial charge is 0.490 e. The Bertz CT molecular complexity index is 820. The van der Waals surface area contributed by atoms with E-state index in [0.717, 1.165) is 35.0 Å². The van der Waals surface area contributed by atoms with Gasteiger partial charge in [-0.2, -0.15) is 0 Å². The third-order valence-corrected chi connectivity index (χ3v) is 4.55. The number of hydrogen-bond donors (Lipinski definition) is 1. The Morgan fingerprint density at radius 2 is 2.19 bits per heavy atom. The summed E-state index contributed by atoms with van der Waals surface area (Å²) in [6.45, 7) is 2.87. The molecule has 0 bridgehead atoms. The SMILES string of the molecule is COCC(=O)NC[C@H]1Cn2cc(-c3ccc4c(c3)OCCCO4)nc2CO1. The quantitative estimate of drug-likeness (QED) is 0.852. The van der Waals surface area contributed by atoms with Crippen LogP contribution in [0.1, 0.15) is 12.2 Å². The maximum absolute atomic E-state index is 11.5. The maximum Gasteiger partial charge on any atom is 0.246 e. The summed E-state index contributed by atoms with van der Waals surface area (Å²) in [6, 6.07) is 5.89. The molecule has 1 amide bonds. The average Bonchev–Trinajstić information content (AvgIpc) is 2.96. The van der Waals surface area contributed by atoms with Crippen LogP contribution in [0, 0.1) is 0 Å². The lowest BCUT2D eigenvalue weighted by Crippen LogP contribution is -2.39. The number of nitrogens with one attached hydrogen (secondary N) is 1. The number of imidazole rings is 1. The molecule has 1 aromatic carbocycles. The molecule has 0 spiro atoms. The summed E-state index contributed by atoms with van der Waals surface area (Å²) in [6.07, 6.45) is 2.80. The van der Waals surface area contributed by atoms with Crippen LogP contribution in [0.3, 0.4) is 0 Å². The fourth-order valence-electron chi connectivity index (χ4n) is 3.19. The minimum atomic E-state index is -0.148. The Labute approximate surface area is 157 Å². The second-order valence-electron chi connectivity index (χ2n) is 6.58. The number of benzene rings is 1. The molecule has 1 aromatic heterocycles. The standard InChI is InChI=1S/C19H23N3O5/c1-24-12-19(23)20-8-14-9-22-10-15(21-18(22)11-27-14)13-3-4-16-17(7-13)26-6-2-5-25-16/h3-4,7,10,14H,2,5-6,8-9,11-12H2,1H3,(H,20,23)/t14-/m0/s1. The smallest absolute Gasteiger partial charge is 0.246 e. The zero-order chi connectivity index (χ0) is 18.6. The number of ether oxygens (including phenoxy) is 4. The Kier molecular flexibility index (Phi) is 5.26. The van der Waals surface area contributed by atoms with Gasteiger partial charge < -0.3 is 28.8 Å². The van der Waals surface area contributed by atoms with Crippen molar-refractivity contribution >= 4 is 5.91 Å². The van der Waals surface area contributed by atoms with E-state index in [0.29, 0.717) is 32.9 Å². The van der Waals surface area contributed by atoms with Crippen molar-refractivity contribution in [1.29, 1.82) is 0 Å². The lowest BCUT2D eigenvalue weighted by atomic mass is 10.1. The lowest BCUT2D eigenvalue weighted by Gasteiger charge is -2.24. The van der Waals surface area contributed by atoms with Crippen LogP contribution >= 0.6 is 0 Å². The molecule has 3 heterocycles. The molecule has 2 aliphatic heterocycles. The van der Waals surface area contributed by atoms with Crippen molar-refractivity contribution < 1.29 is 23.7 Å². The van der Waals surface area contributed by atoms with Crippen LogP contribution in [0.4, 0.5) is 0 Å². The summed E-state index contributed by atoms with van der Waals surface area (Å²) in [7, 11) is 1.50. The van der Waals surface area contributed by atoms with Gasteiger partial charge in [0.1, 0.15) is 19.0 Å². The molecule has 1 N–H and O–H groups in total. The van der Waals surface area contributed by atoms with Crippen LogP contribution in [0.15, 0.2) is 24.4 Å². The summed E-state index contributed by atoms with van der Waals surface area (Å²) < 4.78 is 24.1. The van der Waals surface area contributed by atoms with Crippen LogP contribution in [-0.2, 0) is 27.4 Å². The number of methoxy groups -OCH3 is 1. The molecule has 0 saturated heterocycles. The third-order valence-electron chi connectivity index (χ3n) is 4.55. The molecule has 0 aliphatic carbocycles. The van der Waals surface area contributed by atoms with Crippen LogP contribution < -0.4 is 14.8 Å². The molecule has 27 heavy (non-hydrogen) atoms. The molecule has 2 aromatic rings. The molecule has 0 fully saturated rings. The number of carbonyl (C=O) groups is 1. The highest BCUT2D eigenvalue weighted by Crippen LogP contribution is 2.34. The van der Waals surface area contributed by atoms with E-state index in [1.165, 1.54) is 7.11 Å². The number of aromatic nitrogens is 2. The number of rotatable bonds is 5. The Morgan fingerprint density at radius 1 is 1.33 bits per heavy atom. The highest BCUT2D eigenvalue weighted by atomic mass is 16.5. The van der Waals surface area contributed by atoms with Crippen molar-refractivity contribution in [2.75, 3.05) is 33.5 Å². The Morgan fingerprint density at radius 3 is 3.04 bits per heavy atom. The van der Waals surface area contributed by atoms with Gasteiger partial charge in [0.25, 0.3) is 0 Å². The van der Waals surface area contributed by atoms with Crippen molar-refractivity contribution in [3.63, 3.8) is 0 Å². The van der Waals surface area contributed by atoms with Gasteiger partial charge in [0, 0.05) is 31.8 Å². The number of carbonyl (C=O) groups excluding carboxylic acids is 1. The fraction of sp³-hybridized carbons (Fsp3) is 0.474. The van der Waals surface area contributed by atoms with Crippen molar-refractivity contribution in [1.82, 2.24) is 14.9 Å². The summed E-state index contributed by atoms with van der Waals surface area (Å²) in [5.74, 6) is 2.25. The number of nitrogens with zero attached hydrogens (tertiary/aromatic N) is 2. The Balaban J connectivity index is 1.45. The average molecular weight is 373 g/mol. The molecule has 144 valence electrons. The first-order valence-electron chi connectivity index (χ1n) is 9.06. The highest BCUT2D eigenvalue weighted by Gasteiger charge is 2.22. The van der Waals surface area contributed by atoms with Crippen molar-refractivity contribution in [3.05, 3.63) is 30.2 Å². The van der Waals surface area contributed by atoms with E-state index >= 15 is 0 Å². The summed E-state index contributed by atoms with van der Waals surface area (Å²) in [5, 5.41) is 2.81. The lowest BCUT2D eigenvalue weighted by molar-refractivity contribution is -0.125. The molecule has 1 atom stereocenters.